The quantitative estimate of drug-likeness (QED) is 0.725. The van der Waals surface area contributed by atoms with E-state index in [-0.39, 0.29) is 23.7 Å². The zero-order chi connectivity index (χ0) is 20.3. The fraction of sp³-hybridized carbons (Fsp3) is 0.364. The van der Waals surface area contributed by atoms with Gasteiger partial charge < -0.3 is 14.5 Å². The van der Waals surface area contributed by atoms with Gasteiger partial charge in [0, 0.05) is 17.6 Å². The summed E-state index contributed by atoms with van der Waals surface area (Å²) in [4.78, 5) is 31.1. The second kappa shape index (κ2) is 6.50. The molecule has 0 aliphatic carbocycles. The third-order valence-corrected chi connectivity index (χ3v) is 7.26. The van der Waals surface area contributed by atoms with Crippen LogP contribution < -0.4 is 4.90 Å². The van der Waals surface area contributed by atoms with Crippen molar-refractivity contribution in [3.05, 3.63) is 64.1 Å². The minimum absolute atomic E-state index is 0.0756. The van der Waals surface area contributed by atoms with Gasteiger partial charge in [0.1, 0.15) is 11.4 Å². The maximum atomic E-state index is 13.3. The van der Waals surface area contributed by atoms with E-state index in [0.29, 0.717) is 18.8 Å². The van der Waals surface area contributed by atoms with E-state index in [4.69, 9.17) is 4.74 Å². The van der Waals surface area contributed by atoms with Gasteiger partial charge in [-0.2, -0.15) is 0 Å². The summed E-state index contributed by atoms with van der Waals surface area (Å²) in [5.74, 6) is -1.66. The first-order valence-corrected chi connectivity index (χ1v) is 10.5. The average molecular weight is 412 g/mol. The van der Waals surface area contributed by atoms with Crippen LogP contribution in [0.5, 0.6) is 0 Å². The molecule has 7 heteroatoms. The maximum Gasteiger partial charge on any atom is 0.234 e. The van der Waals surface area contributed by atoms with Crippen LogP contribution in [0, 0.1) is 24.6 Å². The molecule has 3 aliphatic heterocycles. The van der Waals surface area contributed by atoms with Crippen LogP contribution in [0.25, 0.3) is 0 Å². The van der Waals surface area contributed by atoms with Gasteiger partial charge in [0.25, 0.3) is 0 Å². The van der Waals surface area contributed by atoms with E-state index in [9.17, 15) is 14.0 Å². The Morgan fingerprint density at radius 3 is 2.79 bits per heavy atom. The summed E-state index contributed by atoms with van der Waals surface area (Å²) in [5.41, 5.74) is 1.000. The molecule has 150 valence electrons. The number of hydrogen-bond donors (Lipinski definition) is 0. The molecule has 2 fully saturated rings. The molecule has 0 radical (unpaired) electrons. The summed E-state index contributed by atoms with van der Waals surface area (Å²) in [7, 11) is 1.78. The third-order valence-electron chi connectivity index (χ3n) is 6.25. The first-order valence-electron chi connectivity index (χ1n) is 9.62. The van der Waals surface area contributed by atoms with Gasteiger partial charge in [0.15, 0.2) is 0 Å². The van der Waals surface area contributed by atoms with Crippen molar-refractivity contribution in [3.8, 4) is 0 Å². The molecular weight excluding hydrogens is 391 g/mol. The molecule has 5 nitrogen and oxygen atoms in total. The standard InChI is InChI=1S/C22H21FN2O3S/c1-13-8-10-29-17(13)11-24(2)20(26)18-16-7-9-22(28-16)12-25(21(27)19(18)22)15-5-3-14(23)4-6-15/h3-10,16,18-19H,11-12H2,1-2H3/t16-,18?,19?,22-/m0/s1. The zero-order valence-electron chi connectivity index (χ0n) is 16.2. The molecule has 2 aromatic rings. The highest BCUT2D eigenvalue weighted by molar-refractivity contribution is 7.10. The molecule has 2 unspecified atom stereocenters. The predicted octanol–water partition coefficient (Wildman–Crippen LogP) is 3.14. The number of nitrogens with zero attached hydrogens (tertiary/aromatic N) is 2. The number of fused-ring (bicyclic) bond motifs is 1. The summed E-state index contributed by atoms with van der Waals surface area (Å²) in [5, 5.41) is 2.02. The summed E-state index contributed by atoms with van der Waals surface area (Å²) < 4.78 is 19.5. The fourth-order valence-corrected chi connectivity index (χ4v) is 5.69. The fourth-order valence-electron chi connectivity index (χ4n) is 4.73. The number of hydrogen-bond acceptors (Lipinski definition) is 4. The SMILES string of the molecule is Cc1ccsc1CN(C)C(=O)C1C2C(=O)N(c3ccc(F)cc3)C[C@@]23C=C[C@@H]1O3. The second-order valence-electron chi connectivity index (χ2n) is 8.02. The average Bonchev–Trinajstić information content (AvgIpc) is 3.44. The molecule has 0 saturated carbocycles. The number of benzene rings is 1. The van der Waals surface area contributed by atoms with Crippen molar-refractivity contribution < 1.29 is 18.7 Å². The minimum atomic E-state index is -0.782. The van der Waals surface area contributed by atoms with Crippen LogP contribution >= 0.6 is 11.3 Å². The zero-order valence-corrected chi connectivity index (χ0v) is 17.0. The molecule has 2 bridgehead atoms. The van der Waals surface area contributed by atoms with Crippen molar-refractivity contribution in [1.29, 1.82) is 0 Å². The maximum absolute atomic E-state index is 13.3. The number of halogens is 1. The highest BCUT2D eigenvalue weighted by Crippen LogP contribution is 2.53. The van der Waals surface area contributed by atoms with Crippen LogP contribution in [-0.2, 0) is 20.9 Å². The van der Waals surface area contributed by atoms with E-state index < -0.39 is 17.4 Å². The van der Waals surface area contributed by atoms with E-state index in [1.807, 2.05) is 30.5 Å². The number of aryl methyl sites for hydroxylation is 1. The number of carbonyl (C=O) groups is 2. The van der Waals surface area contributed by atoms with E-state index >= 15 is 0 Å². The lowest BCUT2D eigenvalue weighted by molar-refractivity contribution is -0.139. The lowest BCUT2D eigenvalue weighted by atomic mass is 9.76. The summed E-state index contributed by atoms with van der Waals surface area (Å²) in [6.07, 6.45) is 3.46. The molecule has 4 heterocycles. The van der Waals surface area contributed by atoms with Crippen LogP contribution in [0.1, 0.15) is 10.4 Å². The van der Waals surface area contributed by atoms with Crippen molar-refractivity contribution >= 4 is 28.8 Å². The Balaban J connectivity index is 1.42. The Kier molecular flexibility index (Phi) is 4.15. The van der Waals surface area contributed by atoms with Gasteiger partial charge in [0.2, 0.25) is 11.8 Å². The summed E-state index contributed by atoms with van der Waals surface area (Å²) >= 11 is 1.63. The van der Waals surface area contributed by atoms with Crippen LogP contribution in [0.3, 0.4) is 0 Å². The molecule has 29 heavy (non-hydrogen) atoms. The van der Waals surface area contributed by atoms with Crippen molar-refractivity contribution in [2.45, 2.75) is 25.2 Å². The van der Waals surface area contributed by atoms with Crippen molar-refractivity contribution in [1.82, 2.24) is 4.90 Å². The molecule has 4 atom stereocenters. The molecule has 1 spiro atoms. The van der Waals surface area contributed by atoms with E-state index in [2.05, 4.69) is 0 Å². The number of amides is 2. The summed E-state index contributed by atoms with van der Waals surface area (Å²) in [6.45, 7) is 2.89. The first-order chi connectivity index (χ1) is 13.9. The molecule has 5 rings (SSSR count). The highest BCUT2D eigenvalue weighted by Gasteiger charge is 2.67. The van der Waals surface area contributed by atoms with Gasteiger partial charge in [-0.25, -0.2) is 4.39 Å². The molecule has 3 aliphatic rings. The molecule has 1 aromatic heterocycles. The van der Waals surface area contributed by atoms with Crippen molar-refractivity contribution in [2.24, 2.45) is 11.8 Å². The molecule has 2 amide bonds. The second-order valence-corrected chi connectivity index (χ2v) is 9.02. The number of anilines is 1. The normalized spacial score (nSPS) is 29.6. The minimum Gasteiger partial charge on any atom is -0.360 e. The molecule has 1 aromatic carbocycles. The lowest BCUT2D eigenvalue weighted by Gasteiger charge is -2.27. The highest BCUT2D eigenvalue weighted by atomic mass is 32.1. The van der Waals surface area contributed by atoms with E-state index in [1.54, 1.807) is 40.3 Å². The van der Waals surface area contributed by atoms with Gasteiger partial charge in [-0.15, -0.1) is 11.3 Å². The van der Waals surface area contributed by atoms with Crippen LogP contribution in [0.15, 0.2) is 47.9 Å². The smallest absolute Gasteiger partial charge is 0.234 e. The monoisotopic (exact) mass is 412 g/mol. The van der Waals surface area contributed by atoms with Gasteiger partial charge >= 0.3 is 0 Å². The van der Waals surface area contributed by atoms with Crippen molar-refractivity contribution in [3.63, 3.8) is 0 Å². The Morgan fingerprint density at radius 2 is 2.10 bits per heavy atom. The van der Waals surface area contributed by atoms with Gasteiger partial charge in [0.05, 0.1) is 31.0 Å². The number of ether oxygens (including phenoxy) is 1. The molecule has 0 N–H and O–H groups in total. The first kappa shape index (κ1) is 18.5. The molecule has 2 saturated heterocycles. The Bertz CT molecular complexity index is 1020. The largest absolute Gasteiger partial charge is 0.360 e. The van der Waals surface area contributed by atoms with Crippen LogP contribution in [-0.4, -0.2) is 42.0 Å². The van der Waals surface area contributed by atoms with Crippen LogP contribution in [0.4, 0.5) is 10.1 Å². The van der Waals surface area contributed by atoms with E-state index in [0.717, 1.165) is 10.4 Å². The van der Waals surface area contributed by atoms with Gasteiger partial charge in [-0.3, -0.25) is 9.59 Å². The third kappa shape index (κ3) is 2.75. The number of rotatable bonds is 4. The number of thiophene rings is 1. The van der Waals surface area contributed by atoms with Crippen molar-refractivity contribution in [2.75, 3.05) is 18.5 Å². The Morgan fingerprint density at radius 1 is 1.34 bits per heavy atom. The summed E-state index contributed by atoms with van der Waals surface area (Å²) in [6, 6.07) is 7.88. The lowest BCUT2D eigenvalue weighted by Crippen LogP contribution is -2.44. The van der Waals surface area contributed by atoms with Gasteiger partial charge in [-0.1, -0.05) is 12.2 Å². The topological polar surface area (TPSA) is 49.9 Å². The number of carbonyl (C=O) groups excluding carboxylic acids is 2. The van der Waals surface area contributed by atoms with E-state index in [1.165, 1.54) is 12.1 Å². The predicted molar refractivity (Wildman–Crippen MR) is 108 cm³/mol. The van der Waals surface area contributed by atoms with Crippen LogP contribution in [0.2, 0.25) is 0 Å². The molecular formula is C22H21FN2O3S. The van der Waals surface area contributed by atoms with Gasteiger partial charge in [-0.05, 0) is 48.2 Å². The Labute approximate surface area is 172 Å². The Hall–Kier alpha value is -2.51.